The zero-order valence-electron chi connectivity index (χ0n) is 25.3. The molecule has 0 aromatic rings. The van der Waals surface area contributed by atoms with E-state index in [4.69, 9.17) is 43.2 Å². The van der Waals surface area contributed by atoms with Crippen molar-refractivity contribution in [1.82, 2.24) is 0 Å². The Kier molecular flexibility index (Phi) is 14.2. The quantitative estimate of drug-likeness (QED) is 0.0824. The molecule has 0 amide bonds. The predicted octanol–water partition coefficient (Wildman–Crippen LogP) is -9.67. The van der Waals surface area contributed by atoms with Gasteiger partial charge in [-0.3, -0.25) is 9.05 Å². The van der Waals surface area contributed by atoms with Crippen LogP contribution in [-0.4, -0.2) is 220 Å². The molecule has 49 heavy (non-hydrogen) atoms. The Morgan fingerprint density at radius 1 is 0.531 bits per heavy atom. The highest BCUT2D eigenvalue weighted by Gasteiger charge is 2.54. The molecule has 288 valence electrons. The molecule has 0 saturated carbocycles. The van der Waals surface area contributed by atoms with Crippen LogP contribution >= 0.6 is 7.82 Å². The van der Waals surface area contributed by atoms with Crippen molar-refractivity contribution in [3.05, 3.63) is 0 Å². The summed E-state index contributed by atoms with van der Waals surface area (Å²) >= 11 is 0. The van der Waals surface area contributed by atoms with E-state index in [1.54, 1.807) is 0 Å². The topological polar surface area (TPSA) is 400 Å². The molecule has 0 bridgehead atoms. The molecule has 4 aliphatic rings. The van der Waals surface area contributed by atoms with Crippen molar-refractivity contribution >= 4 is 7.82 Å². The van der Waals surface area contributed by atoms with Crippen LogP contribution in [0.25, 0.3) is 0 Å². The van der Waals surface area contributed by atoms with Crippen LogP contribution in [0.1, 0.15) is 0 Å². The molecule has 0 radical (unpaired) electrons. The van der Waals surface area contributed by atoms with Crippen LogP contribution in [0.2, 0.25) is 0 Å². The van der Waals surface area contributed by atoms with Gasteiger partial charge in [-0.2, -0.15) is 0 Å². The van der Waals surface area contributed by atoms with Crippen LogP contribution in [0.4, 0.5) is 0 Å². The van der Waals surface area contributed by atoms with Gasteiger partial charge in [0.05, 0.1) is 32.5 Å². The molecule has 4 fully saturated rings. The Morgan fingerprint density at radius 2 is 1.00 bits per heavy atom. The second kappa shape index (κ2) is 17.0. The van der Waals surface area contributed by atoms with Crippen molar-refractivity contribution in [2.45, 2.75) is 123 Å². The molecule has 21 atom stereocenters. The first-order chi connectivity index (χ1) is 23.0. The average molecular weight is 746 g/mol. The van der Waals surface area contributed by atoms with E-state index in [2.05, 4.69) is 0 Å². The predicted molar refractivity (Wildman–Crippen MR) is 147 cm³/mol. The third-order valence-electron chi connectivity index (χ3n) is 8.48. The summed E-state index contributed by atoms with van der Waals surface area (Å²) in [4.78, 5) is 10.2. The SMILES string of the molecule is N[C@@H]1[C@@H](O)[C@H](O[C@H]2O[C@H](CO)[C@@H](O)[C@H](O[C@H]3O[C@H](COP(=O)(O)O[C@H]4O[C@H](CO)[C@@H](O)[C@H](O)[C@H]4O)[C@@H](O)[C@H](O)[C@@H]3O)[C@@H]2O)[C@@H](CO)O[C@@H]1O. The van der Waals surface area contributed by atoms with Crippen LogP contribution in [0.5, 0.6) is 0 Å². The van der Waals surface area contributed by atoms with Gasteiger partial charge in [-0.25, -0.2) is 4.57 Å². The number of hydrogen-bond acceptors (Lipinski definition) is 23. The van der Waals surface area contributed by atoms with Crippen LogP contribution < -0.4 is 5.73 Å². The standard InChI is InChI=1S/C24H44NO23P/c25-9-13(32)19(7(3-28)42-21(9)38)46-23-18(37)20(12(31)6(2-27)43-23)47-22-16(35)15(34)11(30)8(45-22)4-41-49(39,40)48-24-17(36)14(33)10(29)5(1-26)44-24/h5-24,26-38H,1-4,25H2,(H,39,40)/t5-,6-,7-,8-,9-,10-,11-,12-,13-,14+,15+,16+,17-,18+,19-,20+,21+,22-,23-,24-/m1/s1. The van der Waals surface area contributed by atoms with Gasteiger partial charge >= 0.3 is 7.82 Å². The lowest BCUT2D eigenvalue weighted by Gasteiger charge is -2.48. The fourth-order valence-corrected chi connectivity index (χ4v) is 6.39. The molecule has 4 aliphatic heterocycles. The second-order valence-corrected chi connectivity index (χ2v) is 13.2. The molecule has 4 rings (SSSR count). The Hall–Kier alpha value is -0.690. The molecule has 16 N–H and O–H groups in total. The Morgan fingerprint density at radius 3 is 1.59 bits per heavy atom. The third kappa shape index (κ3) is 8.93. The second-order valence-electron chi connectivity index (χ2n) is 11.8. The Balaban J connectivity index is 1.44. The third-order valence-corrected chi connectivity index (χ3v) is 9.43. The monoisotopic (exact) mass is 745 g/mol. The first-order valence-corrected chi connectivity index (χ1v) is 16.4. The van der Waals surface area contributed by atoms with Gasteiger partial charge in [-0.1, -0.05) is 0 Å². The van der Waals surface area contributed by atoms with Crippen molar-refractivity contribution in [3.8, 4) is 0 Å². The summed E-state index contributed by atoms with van der Waals surface area (Å²) < 4.78 is 54.1. The molecule has 0 aliphatic carbocycles. The molecular weight excluding hydrogens is 701 g/mol. The number of phosphoric acid groups is 1. The van der Waals surface area contributed by atoms with Gasteiger partial charge in [-0.15, -0.1) is 0 Å². The molecule has 24 nitrogen and oxygen atoms in total. The summed E-state index contributed by atoms with van der Waals surface area (Å²) in [6, 6.07) is -1.44. The molecule has 25 heteroatoms. The number of ether oxygens (including phenoxy) is 6. The van der Waals surface area contributed by atoms with Gasteiger partial charge < -0.3 is 105 Å². The zero-order valence-corrected chi connectivity index (χ0v) is 26.2. The molecule has 0 aromatic carbocycles. The molecule has 4 saturated heterocycles. The first kappa shape index (κ1) is 41.1. The smallest absolute Gasteiger partial charge is 0.394 e. The maximum atomic E-state index is 12.6. The van der Waals surface area contributed by atoms with Crippen molar-refractivity contribution in [3.63, 3.8) is 0 Å². The van der Waals surface area contributed by atoms with E-state index in [0.717, 1.165) is 0 Å². The van der Waals surface area contributed by atoms with Crippen molar-refractivity contribution in [2.24, 2.45) is 5.73 Å². The zero-order chi connectivity index (χ0) is 36.5. The van der Waals surface area contributed by atoms with E-state index in [-0.39, 0.29) is 0 Å². The number of hydrogen-bond donors (Lipinski definition) is 15. The lowest BCUT2D eigenvalue weighted by atomic mass is 9.95. The number of aliphatic hydroxyl groups is 13. The maximum absolute atomic E-state index is 12.6. The summed E-state index contributed by atoms with van der Waals surface area (Å²) in [6.45, 7) is -3.70. The van der Waals surface area contributed by atoms with Gasteiger partial charge in [0.25, 0.3) is 0 Å². The number of phosphoric ester groups is 1. The van der Waals surface area contributed by atoms with E-state index in [1.165, 1.54) is 0 Å². The maximum Gasteiger partial charge on any atom is 0.474 e. The lowest BCUT2D eigenvalue weighted by molar-refractivity contribution is -0.374. The lowest BCUT2D eigenvalue weighted by Crippen LogP contribution is -2.67. The summed E-state index contributed by atoms with van der Waals surface area (Å²) in [6.07, 6.45) is -35.2. The number of rotatable bonds is 12. The fourth-order valence-electron chi connectivity index (χ4n) is 5.56. The minimum absolute atomic E-state index is 0.805. The van der Waals surface area contributed by atoms with Gasteiger partial charge in [-0.05, 0) is 0 Å². The average Bonchev–Trinajstić information content (AvgIpc) is 3.07. The van der Waals surface area contributed by atoms with E-state index in [0.29, 0.717) is 0 Å². The minimum atomic E-state index is -5.29. The summed E-state index contributed by atoms with van der Waals surface area (Å²) in [7, 11) is -5.29. The normalized spacial score (nSPS) is 50.9. The molecule has 0 aromatic heterocycles. The highest BCUT2D eigenvalue weighted by atomic mass is 31.2. The van der Waals surface area contributed by atoms with Crippen LogP contribution in [-0.2, 0) is 42.0 Å². The summed E-state index contributed by atoms with van der Waals surface area (Å²) in [5, 5.41) is 132. The van der Waals surface area contributed by atoms with Crippen molar-refractivity contribution in [1.29, 1.82) is 0 Å². The van der Waals surface area contributed by atoms with E-state index in [1.807, 2.05) is 0 Å². The minimum Gasteiger partial charge on any atom is -0.394 e. The van der Waals surface area contributed by atoms with Gasteiger partial charge in [0, 0.05) is 0 Å². The van der Waals surface area contributed by atoms with E-state index in [9.17, 15) is 75.8 Å². The van der Waals surface area contributed by atoms with Gasteiger partial charge in [0.2, 0.25) is 0 Å². The summed E-state index contributed by atoms with van der Waals surface area (Å²) in [5.74, 6) is 0. The number of aliphatic hydroxyl groups excluding tert-OH is 13. The Labute approximate surface area is 276 Å². The van der Waals surface area contributed by atoms with Crippen molar-refractivity contribution in [2.75, 3.05) is 26.4 Å². The number of nitrogens with two attached hydrogens (primary N) is 1. The molecule has 0 spiro atoms. The summed E-state index contributed by atoms with van der Waals surface area (Å²) in [5.41, 5.74) is 5.69. The van der Waals surface area contributed by atoms with Gasteiger partial charge in [0.1, 0.15) is 91.6 Å². The van der Waals surface area contributed by atoms with Crippen LogP contribution in [0, 0.1) is 0 Å². The first-order valence-electron chi connectivity index (χ1n) is 14.9. The molecular formula is C24H44NO23P. The largest absolute Gasteiger partial charge is 0.474 e. The van der Waals surface area contributed by atoms with E-state index < -0.39 is 157 Å². The highest BCUT2D eigenvalue weighted by molar-refractivity contribution is 7.47. The Bertz CT molecular complexity index is 1090. The van der Waals surface area contributed by atoms with Gasteiger partial charge in [0.15, 0.2) is 25.2 Å². The van der Waals surface area contributed by atoms with Crippen molar-refractivity contribution < 1.29 is 113 Å². The van der Waals surface area contributed by atoms with Crippen LogP contribution in [0.3, 0.4) is 0 Å². The molecule has 1 unspecified atom stereocenters. The fraction of sp³-hybridized carbons (Fsp3) is 1.00. The molecule has 4 heterocycles. The highest BCUT2D eigenvalue weighted by Crippen LogP contribution is 2.47. The van der Waals surface area contributed by atoms with E-state index >= 15 is 0 Å². The van der Waals surface area contributed by atoms with Crippen LogP contribution in [0.15, 0.2) is 0 Å².